The van der Waals surface area contributed by atoms with Crippen molar-refractivity contribution in [1.29, 1.82) is 0 Å². The van der Waals surface area contributed by atoms with Gasteiger partial charge in [0, 0.05) is 42.7 Å². The molecule has 3 heterocycles. The van der Waals surface area contributed by atoms with Crippen LogP contribution < -0.4 is 4.90 Å². The third-order valence-corrected chi connectivity index (χ3v) is 6.08. The molecule has 2 aromatic rings. The maximum atomic E-state index is 13.1. The van der Waals surface area contributed by atoms with Crippen molar-refractivity contribution in [3.8, 4) is 11.3 Å². The molecular formula is C21H25N3O2S. The van der Waals surface area contributed by atoms with Gasteiger partial charge in [-0.2, -0.15) is 0 Å². The summed E-state index contributed by atoms with van der Waals surface area (Å²) in [7, 11) is 0. The van der Waals surface area contributed by atoms with Crippen LogP contribution in [0.3, 0.4) is 0 Å². The van der Waals surface area contributed by atoms with Crippen LogP contribution in [-0.4, -0.2) is 41.3 Å². The SMILES string of the molecule is Cc1nc(-c2ccc3c(c2)CCN3C(=O)C2CC(=O)N(CC(C)C)C2)cs1. The predicted molar refractivity (Wildman–Crippen MR) is 108 cm³/mol. The van der Waals surface area contributed by atoms with E-state index >= 15 is 0 Å². The zero-order valence-corrected chi connectivity index (χ0v) is 16.9. The van der Waals surface area contributed by atoms with Crippen molar-refractivity contribution in [1.82, 2.24) is 9.88 Å². The van der Waals surface area contributed by atoms with E-state index in [2.05, 4.69) is 30.3 Å². The van der Waals surface area contributed by atoms with E-state index in [9.17, 15) is 9.59 Å². The molecule has 1 atom stereocenters. The number of carbonyl (C=O) groups is 2. The van der Waals surface area contributed by atoms with Gasteiger partial charge in [-0.3, -0.25) is 9.59 Å². The van der Waals surface area contributed by atoms with Crippen LogP contribution in [0.25, 0.3) is 11.3 Å². The molecule has 0 saturated carbocycles. The topological polar surface area (TPSA) is 53.5 Å². The monoisotopic (exact) mass is 383 g/mol. The molecular weight excluding hydrogens is 358 g/mol. The summed E-state index contributed by atoms with van der Waals surface area (Å²) in [6.45, 7) is 8.19. The van der Waals surface area contributed by atoms with Crippen LogP contribution in [0.2, 0.25) is 0 Å². The van der Waals surface area contributed by atoms with Crippen LogP contribution in [0.5, 0.6) is 0 Å². The van der Waals surface area contributed by atoms with Gasteiger partial charge in [-0.15, -0.1) is 11.3 Å². The highest BCUT2D eigenvalue weighted by Gasteiger charge is 2.38. The minimum Gasteiger partial charge on any atom is -0.342 e. The van der Waals surface area contributed by atoms with Crippen molar-refractivity contribution in [2.45, 2.75) is 33.6 Å². The Morgan fingerprint density at radius 3 is 2.89 bits per heavy atom. The number of nitrogens with zero attached hydrogens (tertiary/aromatic N) is 3. The van der Waals surface area contributed by atoms with Gasteiger partial charge in [0.05, 0.1) is 16.6 Å². The van der Waals surface area contributed by atoms with Crippen LogP contribution in [0.1, 0.15) is 30.8 Å². The molecule has 0 aliphatic carbocycles. The molecule has 142 valence electrons. The fourth-order valence-corrected chi connectivity index (χ4v) is 4.68. The molecule has 1 saturated heterocycles. The molecule has 5 nitrogen and oxygen atoms in total. The number of benzene rings is 1. The minimum atomic E-state index is -0.219. The van der Waals surface area contributed by atoms with Crippen molar-refractivity contribution in [3.63, 3.8) is 0 Å². The maximum Gasteiger partial charge on any atom is 0.232 e. The second kappa shape index (κ2) is 7.08. The van der Waals surface area contributed by atoms with E-state index in [1.807, 2.05) is 28.9 Å². The first-order valence-corrected chi connectivity index (χ1v) is 10.4. The standard InChI is InChI=1S/C21H25N3O2S/c1-13(2)10-23-11-17(9-20(23)25)21(26)24-7-6-16-8-15(4-5-19(16)24)18-12-27-14(3)22-18/h4-5,8,12-13,17H,6-7,9-11H2,1-3H3. The summed E-state index contributed by atoms with van der Waals surface area (Å²) >= 11 is 1.65. The Morgan fingerprint density at radius 1 is 1.37 bits per heavy atom. The van der Waals surface area contributed by atoms with Crippen LogP contribution in [-0.2, 0) is 16.0 Å². The molecule has 0 radical (unpaired) electrons. The average Bonchev–Trinajstić information content (AvgIpc) is 3.32. The van der Waals surface area contributed by atoms with Crippen LogP contribution >= 0.6 is 11.3 Å². The number of rotatable bonds is 4. The molecule has 0 spiro atoms. The molecule has 0 bridgehead atoms. The molecule has 0 N–H and O–H groups in total. The number of aromatic nitrogens is 1. The van der Waals surface area contributed by atoms with Gasteiger partial charge < -0.3 is 9.80 Å². The summed E-state index contributed by atoms with van der Waals surface area (Å²) in [5, 5.41) is 3.13. The van der Waals surface area contributed by atoms with Gasteiger partial charge in [-0.1, -0.05) is 19.9 Å². The van der Waals surface area contributed by atoms with Gasteiger partial charge in [0.2, 0.25) is 11.8 Å². The summed E-state index contributed by atoms with van der Waals surface area (Å²) in [5.41, 5.74) is 4.28. The number of thiazole rings is 1. The van der Waals surface area contributed by atoms with Gasteiger partial charge >= 0.3 is 0 Å². The van der Waals surface area contributed by atoms with Crippen molar-refractivity contribution in [2.24, 2.45) is 11.8 Å². The first kappa shape index (κ1) is 18.2. The number of likely N-dealkylation sites (tertiary alicyclic amines) is 1. The molecule has 2 amide bonds. The lowest BCUT2D eigenvalue weighted by Crippen LogP contribution is -2.36. The van der Waals surface area contributed by atoms with E-state index in [0.29, 0.717) is 25.4 Å². The summed E-state index contributed by atoms with van der Waals surface area (Å²) in [5.74, 6) is 0.396. The van der Waals surface area contributed by atoms with Gasteiger partial charge in [0.25, 0.3) is 0 Å². The third kappa shape index (κ3) is 3.50. The highest BCUT2D eigenvalue weighted by molar-refractivity contribution is 7.09. The first-order chi connectivity index (χ1) is 12.9. The Bertz CT molecular complexity index is 889. The Labute approximate surface area is 164 Å². The summed E-state index contributed by atoms with van der Waals surface area (Å²) in [6.07, 6.45) is 1.20. The van der Waals surface area contributed by atoms with Crippen molar-refractivity contribution < 1.29 is 9.59 Å². The molecule has 1 aromatic carbocycles. The Morgan fingerprint density at radius 2 is 2.19 bits per heavy atom. The summed E-state index contributed by atoms with van der Waals surface area (Å²) in [6, 6.07) is 6.23. The second-order valence-electron chi connectivity index (χ2n) is 7.93. The van der Waals surface area contributed by atoms with E-state index in [4.69, 9.17) is 0 Å². The smallest absolute Gasteiger partial charge is 0.232 e. The number of hydrogen-bond acceptors (Lipinski definition) is 4. The largest absolute Gasteiger partial charge is 0.342 e. The normalized spacial score (nSPS) is 19.3. The quantitative estimate of drug-likeness (QED) is 0.812. The Hall–Kier alpha value is -2.21. The highest BCUT2D eigenvalue weighted by atomic mass is 32.1. The molecule has 2 aliphatic rings. The molecule has 4 rings (SSSR count). The number of amides is 2. The molecule has 6 heteroatoms. The van der Waals surface area contributed by atoms with E-state index in [1.165, 1.54) is 5.56 Å². The number of anilines is 1. The fraction of sp³-hybridized carbons (Fsp3) is 0.476. The van der Waals surface area contributed by atoms with Crippen molar-refractivity contribution in [3.05, 3.63) is 34.2 Å². The van der Waals surface area contributed by atoms with Crippen LogP contribution in [0.4, 0.5) is 5.69 Å². The lowest BCUT2D eigenvalue weighted by atomic mass is 10.1. The number of hydrogen-bond donors (Lipinski definition) is 0. The molecule has 27 heavy (non-hydrogen) atoms. The average molecular weight is 384 g/mol. The minimum absolute atomic E-state index is 0.0885. The second-order valence-corrected chi connectivity index (χ2v) is 8.99. The van der Waals surface area contributed by atoms with E-state index in [0.717, 1.165) is 34.9 Å². The van der Waals surface area contributed by atoms with Crippen molar-refractivity contribution in [2.75, 3.05) is 24.5 Å². The third-order valence-electron chi connectivity index (χ3n) is 5.31. The molecule has 2 aliphatic heterocycles. The number of carbonyl (C=O) groups excluding carboxylic acids is 2. The van der Waals surface area contributed by atoms with E-state index in [1.54, 1.807) is 11.3 Å². The molecule has 1 unspecified atom stereocenters. The zero-order valence-electron chi connectivity index (χ0n) is 16.1. The van der Waals surface area contributed by atoms with E-state index in [-0.39, 0.29) is 17.7 Å². The van der Waals surface area contributed by atoms with Crippen LogP contribution in [0, 0.1) is 18.8 Å². The highest BCUT2D eigenvalue weighted by Crippen LogP contribution is 2.34. The van der Waals surface area contributed by atoms with Gasteiger partial charge in [-0.25, -0.2) is 4.98 Å². The lowest BCUT2D eigenvalue weighted by Gasteiger charge is -2.22. The number of fused-ring (bicyclic) bond motifs is 1. The zero-order chi connectivity index (χ0) is 19.1. The molecule has 1 fully saturated rings. The maximum absolute atomic E-state index is 13.1. The fourth-order valence-electron chi connectivity index (χ4n) is 4.06. The molecule has 1 aromatic heterocycles. The van der Waals surface area contributed by atoms with Gasteiger partial charge in [0.15, 0.2) is 0 Å². The lowest BCUT2D eigenvalue weighted by molar-refractivity contribution is -0.128. The Kier molecular flexibility index (Phi) is 4.76. The summed E-state index contributed by atoms with van der Waals surface area (Å²) in [4.78, 5) is 33.6. The van der Waals surface area contributed by atoms with E-state index < -0.39 is 0 Å². The number of aryl methyl sites for hydroxylation is 1. The van der Waals surface area contributed by atoms with Gasteiger partial charge in [0.1, 0.15) is 0 Å². The first-order valence-electron chi connectivity index (χ1n) is 9.57. The van der Waals surface area contributed by atoms with Crippen molar-refractivity contribution >= 4 is 28.8 Å². The van der Waals surface area contributed by atoms with Gasteiger partial charge in [-0.05, 0) is 37.0 Å². The summed E-state index contributed by atoms with van der Waals surface area (Å²) < 4.78 is 0. The van der Waals surface area contributed by atoms with Crippen LogP contribution in [0.15, 0.2) is 23.6 Å². The Balaban J connectivity index is 1.51. The predicted octanol–water partition coefficient (Wildman–Crippen LogP) is 3.51.